The first-order chi connectivity index (χ1) is 8.16. The summed E-state index contributed by atoms with van der Waals surface area (Å²) in [4.78, 5) is 4.48. The van der Waals surface area contributed by atoms with E-state index in [1.807, 2.05) is 24.4 Å². The van der Waals surface area contributed by atoms with Gasteiger partial charge in [-0.05, 0) is 38.0 Å². The average molecular weight is 226 g/mol. The number of anilines is 1. The molecule has 0 bridgehead atoms. The lowest BCUT2D eigenvalue weighted by Crippen LogP contribution is -2.12. The van der Waals surface area contributed by atoms with Crippen LogP contribution < -0.4 is 5.32 Å². The van der Waals surface area contributed by atoms with Crippen LogP contribution in [0.3, 0.4) is 0 Å². The van der Waals surface area contributed by atoms with Gasteiger partial charge in [-0.3, -0.25) is 0 Å². The second kappa shape index (κ2) is 5.00. The van der Waals surface area contributed by atoms with Gasteiger partial charge in [0, 0.05) is 17.8 Å². The highest BCUT2D eigenvalue weighted by atomic mass is 15.0. The molecule has 0 spiro atoms. The van der Waals surface area contributed by atoms with Crippen LogP contribution in [0.4, 0.5) is 5.82 Å². The fourth-order valence-electron chi connectivity index (χ4n) is 1.79. The quantitative estimate of drug-likeness (QED) is 0.859. The number of hydrogen-bond donors (Lipinski definition) is 1. The Kier molecular flexibility index (Phi) is 3.43. The van der Waals surface area contributed by atoms with Gasteiger partial charge in [-0.1, -0.05) is 30.3 Å². The van der Waals surface area contributed by atoms with Crippen molar-refractivity contribution in [2.45, 2.75) is 26.8 Å². The van der Waals surface area contributed by atoms with Crippen LogP contribution in [0.5, 0.6) is 0 Å². The molecule has 0 saturated carbocycles. The summed E-state index contributed by atoms with van der Waals surface area (Å²) in [5.41, 5.74) is 3.55. The summed E-state index contributed by atoms with van der Waals surface area (Å²) >= 11 is 0. The molecule has 1 aromatic carbocycles. The summed E-state index contributed by atoms with van der Waals surface area (Å²) in [5.74, 6) is 0.972. The average Bonchev–Trinajstić information content (AvgIpc) is 2.32. The third-order valence-electron chi connectivity index (χ3n) is 2.61. The molecular formula is C15H18N2. The van der Waals surface area contributed by atoms with Crippen molar-refractivity contribution in [3.63, 3.8) is 0 Å². The Morgan fingerprint density at radius 2 is 1.76 bits per heavy atom. The van der Waals surface area contributed by atoms with Crippen LogP contribution in [-0.2, 0) is 0 Å². The zero-order valence-corrected chi connectivity index (χ0v) is 10.6. The minimum absolute atomic E-state index is 0.406. The van der Waals surface area contributed by atoms with Crippen molar-refractivity contribution in [3.05, 3.63) is 48.2 Å². The molecule has 17 heavy (non-hydrogen) atoms. The van der Waals surface area contributed by atoms with Crippen molar-refractivity contribution >= 4 is 5.82 Å². The Bertz CT molecular complexity index is 490. The van der Waals surface area contributed by atoms with Gasteiger partial charge in [0.1, 0.15) is 5.82 Å². The highest BCUT2D eigenvalue weighted by Gasteiger charge is 2.04. The van der Waals surface area contributed by atoms with E-state index >= 15 is 0 Å². The minimum atomic E-state index is 0.406. The number of benzene rings is 1. The van der Waals surface area contributed by atoms with Crippen LogP contribution >= 0.6 is 0 Å². The van der Waals surface area contributed by atoms with Crippen LogP contribution in [0.25, 0.3) is 11.1 Å². The Morgan fingerprint density at radius 3 is 2.35 bits per heavy atom. The van der Waals surface area contributed by atoms with E-state index in [1.54, 1.807) is 0 Å². The largest absolute Gasteiger partial charge is 0.368 e. The number of aryl methyl sites for hydroxylation is 1. The van der Waals surface area contributed by atoms with Crippen molar-refractivity contribution < 1.29 is 0 Å². The first-order valence-corrected chi connectivity index (χ1v) is 5.95. The molecule has 1 aromatic heterocycles. The van der Waals surface area contributed by atoms with Gasteiger partial charge in [-0.2, -0.15) is 0 Å². The Balaban J connectivity index is 2.31. The molecule has 2 rings (SSSR count). The van der Waals surface area contributed by atoms with Crippen molar-refractivity contribution in [2.75, 3.05) is 5.32 Å². The lowest BCUT2D eigenvalue weighted by atomic mass is 10.1. The molecule has 0 unspecified atom stereocenters. The van der Waals surface area contributed by atoms with Gasteiger partial charge >= 0.3 is 0 Å². The van der Waals surface area contributed by atoms with Gasteiger partial charge in [0.05, 0.1) is 0 Å². The normalized spacial score (nSPS) is 10.6. The first kappa shape index (κ1) is 11.6. The molecule has 0 aliphatic heterocycles. The highest BCUT2D eigenvalue weighted by Crippen LogP contribution is 2.22. The minimum Gasteiger partial charge on any atom is -0.368 e. The summed E-state index contributed by atoms with van der Waals surface area (Å²) < 4.78 is 0. The van der Waals surface area contributed by atoms with Crippen molar-refractivity contribution in [2.24, 2.45) is 0 Å². The van der Waals surface area contributed by atoms with E-state index in [-0.39, 0.29) is 0 Å². The molecule has 0 atom stereocenters. The van der Waals surface area contributed by atoms with Crippen molar-refractivity contribution in [1.29, 1.82) is 0 Å². The predicted molar refractivity (Wildman–Crippen MR) is 73.2 cm³/mol. The van der Waals surface area contributed by atoms with E-state index < -0.39 is 0 Å². The molecule has 0 radical (unpaired) electrons. The van der Waals surface area contributed by atoms with Gasteiger partial charge < -0.3 is 5.32 Å². The van der Waals surface area contributed by atoms with E-state index in [4.69, 9.17) is 0 Å². The monoisotopic (exact) mass is 226 g/mol. The number of hydrogen-bond acceptors (Lipinski definition) is 2. The molecule has 1 heterocycles. The van der Waals surface area contributed by atoms with Gasteiger partial charge in [-0.25, -0.2) is 4.98 Å². The summed E-state index contributed by atoms with van der Waals surface area (Å²) in [6, 6.07) is 12.9. The molecule has 0 aliphatic rings. The fourth-order valence-corrected chi connectivity index (χ4v) is 1.79. The molecule has 2 nitrogen and oxygen atoms in total. The maximum Gasteiger partial charge on any atom is 0.129 e. The summed E-state index contributed by atoms with van der Waals surface area (Å²) in [6.45, 7) is 6.32. The molecule has 2 heteroatoms. The molecule has 0 aliphatic carbocycles. The zero-order valence-electron chi connectivity index (χ0n) is 10.6. The SMILES string of the molecule is Cc1cc(-c2ccccc2)cnc1NC(C)C. The second-order valence-corrected chi connectivity index (χ2v) is 4.55. The van der Waals surface area contributed by atoms with Crippen LogP contribution in [-0.4, -0.2) is 11.0 Å². The standard InChI is InChI=1S/C15H18N2/c1-11(2)17-15-12(3)9-14(10-16-15)13-7-5-4-6-8-13/h4-11H,1-3H3,(H,16,17). The number of pyridine rings is 1. The predicted octanol–water partition coefficient (Wildman–Crippen LogP) is 3.88. The zero-order chi connectivity index (χ0) is 12.3. The van der Waals surface area contributed by atoms with Gasteiger partial charge in [0.2, 0.25) is 0 Å². The Labute approximate surface area is 103 Å². The third kappa shape index (κ3) is 2.84. The molecular weight excluding hydrogens is 208 g/mol. The van der Waals surface area contributed by atoms with E-state index in [1.165, 1.54) is 11.1 Å². The van der Waals surface area contributed by atoms with Crippen LogP contribution in [0.1, 0.15) is 19.4 Å². The maximum atomic E-state index is 4.48. The smallest absolute Gasteiger partial charge is 0.129 e. The van der Waals surface area contributed by atoms with E-state index in [2.05, 4.69) is 49.3 Å². The number of aromatic nitrogens is 1. The topological polar surface area (TPSA) is 24.9 Å². The molecule has 0 amide bonds. The second-order valence-electron chi connectivity index (χ2n) is 4.55. The van der Waals surface area contributed by atoms with Gasteiger partial charge in [0.25, 0.3) is 0 Å². The summed E-state index contributed by atoms with van der Waals surface area (Å²) in [7, 11) is 0. The lowest BCUT2D eigenvalue weighted by Gasteiger charge is -2.12. The molecule has 88 valence electrons. The van der Waals surface area contributed by atoms with E-state index in [9.17, 15) is 0 Å². The van der Waals surface area contributed by atoms with E-state index in [0.29, 0.717) is 6.04 Å². The third-order valence-corrected chi connectivity index (χ3v) is 2.61. The van der Waals surface area contributed by atoms with Gasteiger partial charge in [-0.15, -0.1) is 0 Å². The van der Waals surface area contributed by atoms with E-state index in [0.717, 1.165) is 11.4 Å². The van der Waals surface area contributed by atoms with Crippen molar-refractivity contribution in [3.8, 4) is 11.1 Å². The van der Waals surface area contributed by atoms with Gasteiger partial charge in [0.15, 0.2) is 0 Å². The molecule has 2 aromatic rings. The van der Waals surface area contributed by atoms with Crippen LogP contribution in [0, 0.1) is 6.92 Å². The number of nitrogens with zero attached hydrogens (tertiary/aromatic N) is 1. The molecule has 0 fully saturated rings. The number of nitrogens with one attached hydrogen (secondary N) is 1. The van der Waals surface area contributed by atoms with Crippen LogP contribution in [0.15, 0.2) is 42.6 Å². The lowest BCUT2D eigenvalue weighted by molar-refractivity contribution is 0.886. The van der Waals surface area contributed by atoms with Crippen LogP contribution in [0.2, 0.25) is 0 Å². The highest BCUT2D eigenvalue weighted by molar-refractivity contribution is 5.65. The molecule has 0 saturated heterocycles. The Hall–Kier alpha value is -1.83. The summed E-state index contributed by atoms with van der Waals surface area (Å²) in [5, 5.41) is 3.34. The molecule has 1 N–H and O–H groups in total. The summed E-state index contributed by atoms with van der Waals surface area (Å²) in [6.07, 6.45) is 1.92. The fraction of sp³-hybridized carbons (Fsp3) is 0.267. The first-order valence-electron chi connectivity index (χ1n) is 5.95. The maximum absolute atomic E-state index is 4.48. The Morgan fingerprint density at radius 1 is 1.06 bits per heavy atom. The number of rotatable bonds is 3. The van der Waals surface area contributed by atoms with Crippen molar-refractivity contribution in [1.82, 2.24) is 4.98 Å².